The Kier molecular flexibility index (Phi) is 12.2. The van der Waals surface area contributed by atoms with Crippen LogP contribution in [-0.4, -0.2) is 50.0 Å². The molecule has 0 spiro atoms. The number of para-hydroxylation sites is 1. The molecular weight excluding hydrogens is 600 g/mol. The highest BCUT2D eigenvalue weighted by Gasteiger charge is 2.31. The number of rotatable bonds is 14. The zero-order chi connectivity index (χ0) is 30.9. The van der Waals surface area contributed by atoms with Crippen molar-refractivity contribution >= 4 is 50.7 Å². The molecule has 0 saturated carbocycles. The second-order valence-corrected chi connectivity index (χ2v) is 12.9. The number of carbonyl (C=O) groups is 2. The van der Waals surface area contributed by atoms with Gasteiger partial charge in [0.05, 0.1) is 22.0 Å². The molecule has 0 heterocycles. The largest absolute Gasteiger partial charge is 0.352 e. The molecule has 3 aromatic rings. The van der Waals surface area contributed by atoms with E-state index in [4.69, 9.17) is 23.2 Å². The van der Waals surface area contributed by atoms with Crippen molar-refractivity contribution in [3.63, 3.8) is 0 Å². The fraction of sp³-hybridized carbons (Fsp3) is 0.355. The number of sulfonamides is 1. The van der Waals surface area contributed by atoms with E-state index < -0.39 is 21.9 Å². The first kappa shape index (κ1) is 33.4. The maximum absolute atomic E-state index is 14.5. The molecule has 0 saturated heterocycles. The lowest BCUT2D eigenvalue weighted by atomic mass is 10.0. The normalized spacial score (nSPS) is 12.8. The Bertz CT molecular complexity index is 1470. The highest BCUT2D eigenvalue weighted by atomic mass is 35.5. The maximum Gasteiger partial charge on any atom is 0.243 e. The van der Waals surface area contributed by atoms with Crippen molar-refractivity contribution in [2.45, 2.75) is 58.2 Å². The minimum atomic E-state index is -3.83. The second-order valence-electron chi connectivity index (χ2n) is 10.2. The lowest BCUT2D eigenvalue weighted by molar-refractivity contribution is -0.141. The second kappa shape index (κ2) is 15.4. The Morgan fingerprint density at radius 2 is 1.62 bits per heavy atom. The summed E-state index contributed by atoms with van der Waals surface area (Å²) in [4.78, 5) is 29.0. The van der Waals surface area contributed by atoms with Crippen molar-refractivity contribution in [3.05, 3.63) is 99.8 Å². The Morgan fingerprint density at radius 1 is 0.952 bits per heavy atom. The van der Waals surface area contributed by atoms with E-state index >= 15 is 0 Å². The van der Waals surface area contributed by atoms with Crippen LogP contribution in [0.5, 0.6) is 0 Å². The molecule has 42 heavy (non-hydrogen) atoms. The van der Waals surface area contributed by atoms with Crippen molar-refractivity contribution in [1.29, 1.82) is 0 Å². The molecule has 7 nitrogen and oxygen atoms in total. The summed E-state index contributed by atoms with van der Waals surface area (Å²) in [5.41, 5.74) is 1.46. The quantitative estimate of drug-likeness (QED) is 0.227. The number of hydrogen-bond acceptors (Lipinski definition) is 4. The van der Waals surface area contributed by atoms with Crippen LogP contribution < -0.4 is 9.62 Å². The average Bonchev–Trinajstić information content (AvgIpc) is 2.95. The van der Waals surface area contributed by atoms with E-state index in [0.717, 1.165) is 16.1 Å². The summed E-state index contributed by atoms with van der Waals surface area (Å²) in [5.74, 6) is -1.34. The summed E-state index contributed by atoms with van der Waals surface area (Å²) < 4.78 is 40.5. The lowest BCUT2D eigenvalue weighted by Gasteiger charge is -2.33. The van der Waals surface area contributed by atoms with Crippen LogP contribution in [0.25, 0.3) is 0 Å². The van der Waals surface area contributed by atoms with Gasteiger partial charge >= 0.3 is 0 Å². The summed E-state index contributed by atoms with van der Waals surface area (Å²) in [5, 5.41) is 3.69. The number of nitrogens with zero attached hydrogens (tertiary/aromatic N) is 2. The van der Waals surface area contributed by atoms with Gasteiger partial charge in [-0.05, 0) is 55.2 Å². The average molecular weight is 637 g/mol. The molecule has 0 radical (unpaired) electrons. The third kappa shape index (κ3) is 9.44. The van der Waals surface area contributed by atoms with Gasteiger partial charge < -0.3 is 10.2 Å². The predicted octanol–water partition coefficient (Wildman–Crippen LogP) is 6.23. The van der Waals surface area contributed by atoms with Gasteiger partial charge in [-0.3, -0.25) is 13.9 Å². The van der Waals surface area contributed by atoms with Gasteiger partial charge in [0.15, 0.2) is 0 Å². The van der Waals surface area contributed by atoms with Crippen LogP contribution in [0.3, 0.4) is 0 Å². The van der Waals surface area contributed by atoms with Crippen molar-refractivity contribution < 1.29 is 22.4 Å². The topological polar surface area (TPSA) is 86.8 Å². The Hall–Kier alpha value is -3.14. The summed E-state index contributed by atoms with van der Waals surface area (Å²) in [6, 6.07) is 19.0. The van der Waals surface area contributed by atoms with Crippen LogP contribution in [0.15, 0.2) is 72.8 Å². The minimum Gasteiger partial charge on any atom is -0.352 e. The number of halogens is 3. The fourth-order valence-electron chi connectivity index (χ4n) is 4.47. The van der Waals surface area contributed by atoms with Gasteiger partial charge in [0.25, 0.3) is 0 Å². The maximum atomic E-state index is 14.5. The van der Waals surface area contributed by atoms with E-state index in [0.29, 0.717) is 22.0 Å². The summed E-state index contributed by atoms with van der Waals surface area (Å²) in [7, 11) is -3.83. The minimum absolute atomic E-state index is 0.0737. The molecular formula is C31H36Cl2FN3O4S. The molecule has 2 atom stereocenters. The molecule has 0 aliphatic heterocycles. The zero-order valence-electron chi connectivity index (χ0n) is 23.9. The molecule has 3 rings (SSSR count). The molecule has 11 heteroatoms. The smallest absolute Gasteiger partial charge is 0.243 e. The molecule has 2 amide bonds. The molecule has 3 aromatic carbocycles. The summed E-state index contributed by atoms with van der Waals surface area (Å²) in [6.45, 7) is 3.81. The van der Waals surface area contributed by atoms with Crippen LogP contribution in [0.4, 0.5) is 10.1 Å². The number of hydrogen-bond donors (Lipinski definition) is 1. The number of nitrogens with one attached hydrogen (secondary N) is 1. The van der Waals surface area contributed by atoms with E-state index in [2.05, 4.69) is 5.32 Å². The molecule has 0 aliphatic carbocycles. The number of amides is 2. The van der Waals surface area contributed by atoms with Crippen molar-refractivity contribution in [3.8, 4) is 0 Å². The fourth-order valence-corrected chi connectivity index (χ4v) is 5.75. The van der Waals surface area contributed by atoms with Gasteiger partial charge in [0.2, 0.25) is 21.8 Å². The van der Waals surface area contributed by atoms with Crippen LogP contribution in [0, 0.1) is 5.82 Å². The van der Waals surface area contributed by atoms with Gasteiger partial charge in [0, 0.05) is 32.0 Å². The van der Waals surface area contributed by atoms with Crippen LogP contribution >= 0.6 is 23.2 Å². The number of benzene rings is 3. The van der Waals surface area contributed by atoms with Crippen molar-refractivity contribution in [1.82, 2.24) is 10.2 Å². The van der Waals surface area contributed by atoms with Crippen LogP contribution in [0.1, 0.15) is 44.2 Å². The Morgan fingerprint density at radius 3 is 2.24 bits per heavy atom. The van der Waals surface area contributed by atoms with E-state index in [-0.39, 0.29) is 55.9 Å². The number of carbonyl (C=O) groups excluding carboxylic acids is 2. The highest BCUT2D eigenvalue weighted by Crippen LogP contribution is 2.26. The van der Waals surface area contributed by atoms with Gasteiger partial charge in [-0.25, -0.2) is 12.8 Å². The van der Waals surface area contributed by atoms with Gasteiger partial charge in [-0.2, -0.15) is 0 Å². The van der Waals surface area contributed by atoms with Crippen LogP contribution in [0.2, 0.25) is 10.0 Å². The van der Waals surface area contributed by atoms with Gasteiger partial charge in [-0.15, -0.1) is 0 Å². The predicted molar refractivity (Wildman–Crippen MR) is 167 cm³/mol. The third-order valence-electron chi connectivity index (χ3n) is 6.88. The molecule has 226 valence electrons. The van der Waals surface area contributed by atoms with E-state index in [1.165, 1.54) is 23.1 Å². The standard InChI is InChI=1S/C31H36Cl2FN3O4S/c1-4-22(2)35-31(39)29(20-23-11-6-5-7-12-23)36(21-24-16-17-25(32)26(33)19-24)30(38)15-10-18-37(42(3,40)41)28-14-9-8-13-27(28)34/h5-9,11-14,16-17,19,22,29H,4,10,15,18,20-21H2,1-3H3,(H,35,39)/t22-,29-/m1/s1. The Balaban J connectivity index is 1.92. The van der Waals surface area contributed by atoms with E-state index in [9.17, 15) is 22.4 Å². The summed E-state index contributed by atoms with van der Waals surface area (Å²) in [6.07, 6.45) is 1.99. The van der Waals surface area contributed by atoms with Crippen molar-refractivity contribution in [2.24, 2.45) is 0 Å². The first-order chi connectivity index (χ1) is 19.9. The molecule has 0 aromatic heterocycles. The monoisotopic (exact) mass is 635 g/mol. The highest BCUT2D eigenvalue weighted by molar-refractivity contribution is 7.92. The van der Waals surface area contributed by atoms with E-state index in [1.807, 2.05) is 44.2 Å². The first-order valence-electron chi connectivity index (χ1n) is 13.7. The molecule has 0 unspecified atom stereocenters. The van der Waals surface area contributed by atoms with E-state index in [1.54, 1.807) is 24.3 Å². The molecule has 0 fully saturated rings. The molecule has 0 bridgehead atoms. The summed E-state index contributed by atoms with van der Waals surface area (Å²) >= 11 is 12.4. The SMILES string of the molecule is CC[C@@H](C)NC(=O)[C@@H](Cc1ccccc1)N(Cc1ccc(Cl)c(Cl)c1)C(=O)CCCN(c1ccccc1F)S(C)(=O)=O. The van der Waals surface area contributed by atoms with Crippen molar-refractivity contribution in [2.75, 3.05) is 17.1 Å². The third-order valence-corrected chi connectivity index (χ3v) is 8.80. The molecule has 1 N–H and O–H groups in total. The van der Waals surface area contributed by atoms with Gasteiger partial charge in [-0.1, -0.05) is 78.7 Å². The lowest BCUT2D eigenvalue weighted by Crippen LogP contribution is -2.52. The molecule has 0 aliphatic rings. The van der Waals surface area contributed by atoms with Crippen LogP contribution in [-0.2, 0) is 32.6 Å². The Labute approximate surface area is 257 Å². The van der Waals surface area contributed by atoms with Gasteiger partial charge in [0.1, 0.15) is 11.9 Å². The number of anilines is 1. The first-order valence-corrected chi connectivity index (χ1v) is 16.3. The zero-order valence-corrected chi connectivity index (χ0v) is 26.2.